The van der Waals surface area contributed by atoms with E-state index in [1.807, 2.05) is 17.5 Å². The van der Waals surface area contributed by atoms with Crippen molar-refractivity contribution in [2.75, 3.05) is 0 Å². The van der Waals surface area contributed by atoms with Crippen molar-refractivity contribution in [3.05, 3.63) is 22.4 Å². The Bertz CT molecular complexity index is 256. The van der Waals surface area contributed by atoms with Crippen LogP contribution >= 0.6 is 11.3 Å². The predicted octanol–water partition coefficient (Wildman–Crippen LogP) is 2.94. The molecule has 0 fully saturated rings. The van der Waals surface area contributed by atoms with Gasteiger partial charge in [-0.2, -0.15) is 0 Å². The smallest absolute Gasteiger partial charge is 0.220 e. The molecule has 0 unspecified atom stereocenters. The normalized spacial score (nSPS) is 10.1. The first-order valence-corrected chi connectivity index (χ1v) is 6.00. The number of carbonyl (C=O) groups is 1. The van der Waals surface area contributed by atoms with Gasteiger partial charge in [-0.3, -0.25) is 4.79 Å². The molecule has 1 aromatic rings. The molecule has 3 heteroatoms. The average Bonchev–Trinajstić information content (AvgIpc) is 2.68. The lowest BCUT2D eigenvalue weighted by atomic mass is 10.2. The molecule has 0 aliphatic carbocycles. The Kier molecular flexibility index (Phi) is 5.30. The van der Waals surface area contributed by atoms with Crippen LogP contribution in [0.5, 0.6) is 0 Å². The Balaban J connectivity index is 2.09. The number of unbranched alkanes of at least 4 members (excludes halogenated alkanes) is 2. The molecule has 78 valence electrons. The van der Waals surface area contributed by atoms with Gasteiger partial charge in [0.2, 0.25) is 5.91 Å². The SMILES string of the molecule is CCCCCC(=O)NCc1cccs1. The fourth-order valence-corrected chi connectivity index (χ4v) is 1.87. The highest BCUT2D eigenvalue weighted by Crippen LogP contribution is 2.07. The summed E-state index contributed by atoms with van der Waals surface area (Å²) in [6, 6.07) is 4.04. The average molecular weight is 211 g/mol. The molecule has 1 rings (SSSR count). The van der Waals surface area contributed by atoms with E-state index in [9.17, 15) is 4.79 Å². The third-order valence-corrected chi connectivity index (χ3v) is 2.92. The molecular weight excluding hydrogens is 194 g/mol. The van der Waals surface area contributed by atoms with Crippen LogP contribution in [0.15, 0.2) is 17.5 Å². The van der Waals surface area contributed by atoms with Crippen molar-refractivity contribution in [1.29, 1.82) is 0 Å². The molecule has 0 saturated carbocycles. The minimum absolute atomic E-state index is 0.173. The van der Waals surface area contributed by atoms with E-state index < -0.39 is 0 Å². The van der Waals surface area contributed by atoms with Crippen LogP contribution in [0.3, 0.4) is 0 Å². The predicted molar refractivity (Wildman–Crippen MR) is 60.3 cm³/mol. The fourth-order valence-electron chi connectivity index (χ4n) is 1.22. The summed E-state index contributed by atoms with van der Waals surface area (Å²) < 4.78 is 0. The van der Waals surface area contributed by atoms with Gasteiger partial charge in [0.15, 0.2) is 0 Å². The van der Waals surface area contributed by atoms with E-state index >= 15 is 0 Å². The Morgan fingerprint density at radius 3 is 3.00 bits per heavy atom. The zero-order valence-corrected chi connectivity index (χ0v) is 9.40. The van der Waals surface area contributed by atoms with Gasteiger partial charge < -0.3 is 5.32 Å². The number of hydrogen-bond donors (Lipinski definition) is 1. The lowest BCUT2D eigenvalue weighted by Gasteiger charge is -2.02. The summed E-state index contributed by atoms with van der Waals surface area (Å²) in [7, 11) is 0. The fraction of sp³-hybridized carbons (Fsp3) is 0.545. The number of thiophene rings is 1. The molecule has 0 bridgehead atoms. The van der Waals surface area contributed by atoms with Gasteiger partial charge in [-0.05, 0) is 17.9 Å². The first-order chi connectivity index (χ1) is 6.83. The summed E-state index contributed by atoms with van der Waals surface area (Å²) in [5, 5.41) is 4.94. The Hall–Kier alpha value is -0.830. The van der Waals surface area contributed by atoms with Crippen LogP contribution in [0, 0.1) is 0 Å². The van der Waals surface area contributed by atoms with Crippen molar-refractivity contribution >= 4 is 17.2 Å². The number of amides is 1. The number of rotatable bonds is 6. The van der Waals surface area contributed by atoms with Crippen LogP contribution in [-0.4, -0.2) is 5.91 Å². The van der Waals surface area contributed by atoms with E-state index in [1.54, 1.807) is 11.3 Å². The summed E-state index contributed by atoms with van der Waals surface area (Å²) in [6.07, 6.45) is 3.98. The second-order valence-electron chi connectivity index (χ2n) is 3.31. The van der Waals surface area contributed by atoms with Gasteiger partial charge in [0.25, 0.3) is 0 Å². The number of carbonyl (C=O) groups excluding carboxylic acids is 1. The van der Waals surface area contributed by atoms with E-state index in [0.29, 0.717) is 13.0 Å². The molecule has 14 heavy (non-hydrogen) atoms. The van der Waals surface area contributed by atoms with E-state index in [4.69, 9.17) is 0 Å². The summed E-state index contributed by atoms with van der Waals surface area (Å²) in [5.74, 6) is 0.173. The van der Waals surface area contributed by atoms with Crippen molar-refractivity contribution in [3.63, 3.8) is 0 Å². The second-order valence-corrected chi connectivity index (χ2v) is 4.35. The quantitative estimate of drug-likeness (QED) is 0.720. The first-order valence-electron chi connectivity index (χ1n) is 5.12. The van der Waals surface area contributed by atoms with E-state index in [-0.39, 0.29) is 5.91 Å². The third kappa shape index (κ3) is 4.42. The van der Waals surface area contributed by atoms with E-state index in [2.05, 4.69) is 12.2 Å². The largest absolute Gasteiger partial charge is 0.351 e. The van der Waals surface area contributed by atoms with Crippen molar-refractivity contribution in [1.82, 2.24) is 5.32 Å². The van der Waals surface area contributed by atoms with Gasteiger partial charge in [-0.1, -0.05) is 25.8 Å². The van der Waals surface area contributed by atoms with Crippen molar-refractivity contribution in [2.45, 2.75) is 39.2 Å². The van der Waals surface area contributed by atoms with Gasteiger partial charge in [-0.15, -0.1) is 11.3 Å². The van der Waals surface area contributed by atoms with Gasteiger partial charge in [0.05, 0.1) is 6.54 Å². The lowest BCUT2D eigenvalue weighted by molar-refractivity contribution is -0.121. The maximum Gasteiger partial charge on any atom is 0.220 e. The van der Waals surface area contributed by atoms with Crippen molar-refractivity contribution < 1.29 is 4.79 Å². The van der Waals surface area contributed by atoms with Crippen LogP contribution in [-0.2, 0) is 11.3 Å². The lowest BCUT2D eigenvalue weighted by Crippen LogP contribution is -2.21. The molecule has 0 spiro atoms. The highest BCUT2D eigenvalue weighted by atomic mass is 32.1. The maximum atomic E-state index is 11.3. The van der Waals surface area contributed by atoms with E-state index in [0.717, 1.165) is 19.3 Å². The van der Waals surface area contributed by atoms with Crippen LogP contribution in [0.2, 0.25) is 0 Å². The summed E-state index contributed by atoms with van der Waals surface area (Å²) >= 11 is 1.68. The minimum atomic E-state index is 0.173. The van der Waals surface area contributed by atoms with Crippen LogP contribution in [0.1, 0.15) is 37.5 Å². The van der Waals surface area contributed by atoms with Crippen LogP contribution in [0.4, 0.5) is 0 Å². The van der Waals surface area contributed by atoms with Gasteiger partial charge in [0, 0.05) is 11.3 Å². The van der Waals surface area contributed by atoms with Gasteiger partial charge in [0.1, 0.15) is 0 Å². The minimum Gasteiger partial charge on any atom is -0.351 e. The first kappa shape index (κ1) is 11.2. The Labute approximate surface area is 89.3 Å². The van der Waals surface area contributed by atoms with E-state index in [1.165, 1.54) is 4.88 Å². The maximum absolute atomic E-state index is 11.3. The molecule has 1 heterocycles. The molecular formula is C11H17NOS. The third-order valence-electron chi connectivity index (χ3n) is 2.05. The molecule has 0 aliphatic rings. The molecule has 1 N–H and O–H groups in total. The van der Waals surface area contributed by atoms with Crippen LogP contribution < -0.4 is 5.32 Å². The monoisotopic (exact) mass is 211 g/mol. The Morgan fingerprint density at radius 2 is 2.36 bits per heavy atom. The summed E-state index contributed by atoms with van der Waals surface area (Å²) in [4.78, 5) is 12.5. The highest BCUT2D eigenvalue weighted by molar-refractivity contribution is 7.09. The Morgan fingerprint density at radius 1 is 1.50 bits per heavy atom. The van der Waals surface area contributed by atoms with Gasteiger partial charge >= 0.3 is 0 Å². The van der Waals surface area contributed by atoms with Crippen molar-refractivity contribution in [3.8, 4) is 0 Å². The molecule has 1 aromatic heterocycles. The topological polar surface area (TPSA) is 29.1 Å². The molecule has 0 aromatic carbocycles. The zero-order chi connectivity index (χ0) is 10.2. The standard InChI is InChI=1S/C11H17NOS/c1-2-3-4-7-11(13)12-9-10-6-5-8-14-10/h5-6,8H,2-4,7,9H2,1H3,(H,12,13). The molecule has 1 amide bonds. The summed E-state index contributed by atoms with van der Waals surface area (Å²) in [6.45, 7) is 2.83. The van der Waals surface area contributed by atoms with Crippen LogP contribution in [0.25, 0.3) is 0 Å². The number of hydrogen-bond acceptors (Lipinski definition) is 2. The van der Waals surface area contributed by atoms with Gasteiger partial charge in [-0.25, -0.2) is 0 Å². The molecule has 0 radical (unpaired) electrons. The zero-order valence-electron chi connectivity index (χ0n) is 8.58. The molecule has 0 aliphatic heterocycles. The second kappa shape index (κ2) is 6.60. The number of nitrogens with one attached hydrogen (secondary N) is 1. The molecule has 0 atom stereocenters. The summed E-state index contributed by atoms with van der Waals surface area (Å²) in [5.41, 5.74) is 0. The highest BCUT2D eigenvalue weighted by Gasteiger charge is 2.00. The van der Waals surface area contributed by atoms with Crippen molar-refractivity contribution in [2.24, 2.45) is 0 Å². The molecule has 0 saturated heterocycles. The molecule has 2 nitrogen and oxygen atoms in total.